The number of thiophene rings is 1. The van der Waals surface area contributed by atoms with Crippen LogP contribution in [0.3, 0.4) is 0 Å². The molecule has 0 fully saturated rings. The minimum Gasteiger partial charge on any atom is -0.383 e. The molecule has 0 aromatic carbocycles. The molecule has 2 heterocycles. The lowest BCUT2D eigenvalue weighted by molar-refractivity contribution is 0.669. The third-order valence-corrected chi connectivity index (χ3v) is 3.85. The number of aryl methyl sites for hydroxylation is 1. The van der Waals surface area contributed by atoms with E-state index in [0.29, 0.717) is 5.92 Å². The van der Waals surface area contributed by atoms with Crippen molar-refractivity contribution in [2.24, 2.45) is 7.05 Å². The molecular formula is C12H17N3S. The first-order valence-electron chi connectivity index (χ1n) is 5.51. The van der Waals surface area contributed by atoms with Crippen LogP contribution in [0.4, 0.5) is 5.82 Å². The summed E-state index contributed by atoms with van der Waals surface area (Å²) in [4.78, 5) is 1.21. The van der Waals surface area contributed by atoms with Crippen LogP contribution in [0.1, 0.15) is 31.9 Å². The zero-order valence-electron chi connectivity index (χ0n) is 9.90. The molecule has 2 aromatic heterocycles. The van der Waals surface area contributed by atoms with E-state index in [9.17, 15) is 0 Å². The first-order chi connectivity index (χ1) is 7.65. The second-order valence-electron chi connectivity index (χ2n) is 4.06. The van der Waals surface area contributed by atoms with E-state index >= 15 is 0 Å². The van der Waals surface area contributed by atoms with E-state index in [2.05, 4.69) is 30.4 Å². The lowest BCUT2D eigenvalue weighted by Crippen LogP contribution is -1.98. The molecule has 0 saturated carbocycles. The normalized spacial score (nSPS) is 12.9. The van der Waals surface area contributed by atoms with Crippen LogP contribution in [0, 0.1) is 0 Å². The van der Waals surface area contributed by atoms with Crippen molar-refractivity contribution >= 4 is 17.2 Å². The van der Waals surface area contributed by atoms with Crippen LogP contribution < -0.4 is 5.73 Å². The molecule has 2 rings (SSSR count). The Kier molecular flexibility index (Phi) is 3.01. The maximum absolute atomic E-state index is 6.09. The molecule has 2 N–H and O–H groups in total. The van der Waals surface area contributed by atoms with Gasteiger partial charge in [-0.3, -0.25) is 4.68 Å². The lowest BCUT2D eigenvalue weighted by atomic mass is 10.0. The molecule has 0 radical (unpaired) electrons. The maximum Gasteiger partial charge on any atom is 0.130 e. The fourth-order valence-corrected chi connectivity index (χ4v) is 2.56. The molecule has 0 spiro atoms. The SMILES string of the molecule is CCC(C)c1nn(C)c(N)c1-c1cccs1. The number of nitrogens with zero attached hydrogens (tertiary/aromatic N) is 2. The van der Waals surface area contributed by atoms with Crippen molar-refractivity contribution in [1.29, 1.82) is 0 Å². The largest absolute Gasteiger partial charge is 0.383 e. The summed E-state index contributed by atoms with van der Waals surface area (Å²) >= 11 is 1.71. The summed E-state index contributed by atoms with van der Waals surface area (Å²) in [5, 5.41) is 6.61. The average molecular weight is 235 g/mol. The zero-order chi connectivity index (χ0) is 11.7. The van der Waals surface area contributed by atoms with E-state index < -0.39 is 0 Å². The van der Waals surface area contributed by atoms with Crippen LogP contribution >= 0.6 is 11.3 Å². The summed E-state index contributed by atoms with van der Waals surface area (Å²) in [5.74, 6) is 1.21. The summed E-state index contributed by atoms with van der Waals surface area (Å²) in [5.41, 5.74) is 8.33. The lowest BCUT2D eigenvalue weighted by Gasteiger charge is -2.07. The van der Waals surface area contributed by atoms with Gasteiger partial charge in [0.05, 0.1) is 11.3 Å². The Morgan fingerprint density at radius 2 is 2.31 bits per heavy atom. The van der Waals surface area contributed by atoms with Gasteiger partial charge in [0.25, 0.3) is 0 Å². The fourth-order valence-electron chi connectivity index (χ4n) is 1.77. The number of hydrogen-bond acceptors (Lipinski definition) is 3. The summed E-state index contributed by atoms with van der Waals surface area (Å²) in [6.07, 6.45) is 1.08. The van der Waals surface area contributed by atoms with Gasteiger partial charge in [0, 0.05) is 17.8 Å². The first kappa shape index (κ1) is 11.2. The van der Waals surface area contributed by atoms with E-state index in [1.807, 2.05) is 13.1 Å². The highest BCUT2D eigenvalue weighted by molar-refractivity contribution is 7.13. The van der Waals surface area contributed by atoms with Gasteiger partial charge in [-0.15, -0.1) is 11.3 Å². The Bertz CT molecular complexity index is 471. The molecule has 0 amide bonds. The molecule has 3 nitrogen and oxygen atoms in total. The quantitative estimate of drug-likeness (QED) is 0.887. The molecule has 2 aromatic rings. The second kappa shape index (κ2) is 4.29. The van der Waals surface area contributed by atoms with Crippen LogP contribution in [0.5, 0.6) is 0 Å². The summed E-state index contributed by atoms with van der Waals surface area (Å²) in [6.45, 7) is 4.37. The molecule has 16 heavy (non-hydrogen) atoms. The molecule has 0 bridgehead atoms. The Hall–Kier alpha value is -1.29. The second-order valence-corrected chi connectivity index (χ2v) is 5.00. The monoisotopic (exact) mass is 235 g/mol. The highest BCUT2D eigenvalue weighted by atomic mass is 32.1. The average Bonchev–Trinajstić information content (AvgIpc) is 2.87. The van der Waals surface area contributed by atoms with Gasteiger partial charge in [-0.2, -0.15) is 5.10 Å². The smallest absolute Gasteiger partial charge is 0.130 e. The molecule has 4 heteroatoms. The summed E-state index contributed by atoms with van der Waals surface area (Å²) in [6, 6.07) is 4.15. The third-order valence-electron chi connectivity index (χ3n) is 2.97. The van der Waals surface area contributed by atoms with Gasteiger partial charge in [-0.25, -0.2) is 0 Å². The van der Waals surface area contributed by atoms with Crippen LogP contribution in [0.2, 0.25) is 0 Å². The van der Waals surface area contributed by atoms with Crippen molar-refractivity contribution in [2.75, 3.05) is 5.73 Å². The van der Waals surface area contributed by atoms with Crippen molar-refractivity contribution in [3.05, 3.63) is 23.2 Å². The molecule has 0 saturated heterocycles. The number of hydrogen-bond donors (Lipinski definition) is 1. The molecule has 0 aliphatic rings. The van der Waals surface area contributed by atoms with Crippen molar-refractivity contribution < 1.29 is 0 Å². The first-order valence-corrected chi connectivity index (χ1v) is 6.39. The topological polar surface area (TPSA) is 43.8 Å². The van der Waals surface area contributed by atoms with E-state index in [4.69, 9.17) is 5.73 Å². The van der Waals surface area contributed by atoms with Crippen LogP contribution in [0.15, 0.2) is 17.5 Å². The minimum absolute atomic E-state index is 0.445. The van der Waals surface area contributed by atoms with Gasteiger partial charge >= 0.3 is 0 Å². The Balaban J connectivity index is 2.58. The van der Waals surface area contributed by atoms with E-state index in [-0.39, 0.29) is 0 Å². The van der Waals surface area contributed by atoms with E-state index in [0.717, 1.165) is 23.5 Å². The molecule has 86 valence electrons. The third kappa shape index (κ3) is 1.73. The van der Waals surface area contributed by atoms with Crippen molar-refractivity contribution in [1.82, 2.24) is 9.78 Å². The minimum atomic E-state index is 0.445. The van der Waals surface area contributed by atoms with Gasteiger partial charge in [0.1, 0.15) is 5.82 Å². The highest BCUT2D eigenvalue weighted by Crippen LogP contribution is 2.36. The number of nitrogen functional groups attached to an aromatic ring is 1. The van der Waals surface area contributed by atoms with Gasteiger partial charge in [-0.05, 0) is 17.9 Å². The Labute approximate surface area is 99.9 Å². The summed E-state index contributed by atoms with van der Waals surface area (Å²) < 4.78 is 1.77. The molecule has 0 aliphatic carbocycles. The number of aromatic nitrogens is 2. The van der Waals surface area contributed by atoms with Crippen LogP contribution in [-0.2, 0) is 7.05 Å². The number of anilines is 1. The maximum atomic E-state index is 6.09. The number of nitrogens with two attached hydrogens (primary N) is 1. The molecule has 1 unspecified atom stereocenters. The standard InChI is InChI=1S/C12H17N3S/c1-4-8(2)11-10(9-6-5-7-16-9)12(13)15(3)14-11/h5-8H,4,13H2,1-3H3. The van der Waals surface area contributed by atoms with Gasteiger partial charge < -0.3 is 5.73 Å². The number of rotatable bonds is 3. The summed E-state index contributed by atoms with van der Waals surface area (Å²) in [7, 11) is 1.90. The van der Waals surface area contributed by atoms with Gasteiger partial charge in [-0.1, -0.05) is 19.9 Å². The predicted octanol–water partition coefficient (Wildman–Crippen LogP) is 3.24. The zero-order valence-corrected chi connectivity index (χ0v) is 10.7. The van der Waals surface area contributed by atoms with Crippen molar-refractivity contribution in [3.63, 3.8) is 0 Å². The fraction of sp³-hybridized carbons (Fsp3) is 0.417. The van der Waals surface area contributed by atoms with Gasteiger partial charge in [0.15, 0.2) is 0 Å². The van der Waals surface area contributed by atoms with E-state index in [1.165, 1.54) is 4.88 Å². The molecular weight excluding hydrogens is 218 g/mol. The van der Waals surface area contributed by atoms with Crippen molar-refractivity contribution in [2.45, 2.75) is 26.2 Å². The molecule has 0 aliphatic heterocycles. The Morgan fingerprint density at radius 3 is 2.88 bits per heavy atom. The Morgan fingerprint density at radius 1 is 1.56 bits per heavy atom. The van der Waals surface area contributed by atoms with Gasteiger partial charge in [0.2, 0.25) is 0 Å². The van der Waals surface area contributed by atoms with Crippen LogP contribution in [0.25, 0.3) is 10.4 Å². The highest BCUT2D eigenvalue weighted by Gasteiger charge is 2.19. The van der Waals surface area contributed by atoms with E-state index in [1.54, 1.807) is 16.0 Å². The van der Waals surface area contributed by atoms with Crippen LogP contribution in [-0.4, -0.2) is 9.78 Å². The van der Waals surface area contributed by atoms with Crippen molar-refractivity contribution in [3.8, 4) is 10.4 Å². The molecule has 1 atom stereocenters. The predicted molar refractivity (Wildman–Crippen MR) is 69.6 cm³/mol.